The zero-order chi connectivity index (χ0) is 19.1. The van der Waals surface area contributed by atoms with Gasteiger partial charge >= 0.3 is 5.97 Å². The summed E-state index contributed by atoms with van der Waals surface area (Å²) < 4.78 is 10.3. The average molecular weight is 369 g/mol. The highest BCUT2D eigenvalue weighted by molar-refractivity contribution is 5.81. The summed E-state index contributed by atoms with van der Waals surface area (Å²) in [4.78, 5) is 10.8. The van der Waals surface area contributed by atoms with Crippen LogP contribution >= 0.6 is 0 Å². The second-order valence-corrected chi connectivity index (χ2v) is 7.29. The SMILES string of the molecule is C=CC(=O)OCCOCCCCCCCCCCCCCCCCCC. The molecule has 0 N–H and O–H groups in total. The van der Waals surface area contributed by atoms with Crippen molar-refractivity contribution in [2.45, 2.75) is 110 Å². The lowest BCUT2D eigenvalue weighted by molar-refractivity contribution is -0.139. The Morgan fingerprint density at radius 2 is 1.08 bits per heavy atom. The smallest absolute Gasteiger partial charge is 0.330 e. The summed E-state index contributed by atoms with van der Waals surface area (Å²) in [5.41, 5.74) is 0. The van der Waals surface area contributed by atoms with Gasteiger partial charge < -0.3 is 9.47 Å². The number of unbranched alkanes of at least 4 members (excludes halogenated alkanes) is 15. The van der Waals surface area contributed by atoms with Crippen molar-refractivity contribution in [3.05, 3.63) is 12.7 Å². The van der Waals surface area contributed by atoms with E-state index in [1.807, 2.05) is 0 Å². The molecule has 0 atom stereocenters. The van der Waals surface area contributed by atoms with Crippen LogP contribution in [0, 0.1) is 0 Å². The number of carbonyl (C=O) groups is 1. The molecule has 0 bridgehead atoms. The van der Waals surface area contributed by atoms with Gasteiger partial charge in [0, 0.05) is 12.7 Å². The Morgan fingerprint density at radius 1 is 0.654 bits per heavy atom. The van der Waals surface area contributed by atoms with Gasteiger partial charge in [-0.25, -0.2) is 4.79 Å². The van der Waals surface area contributed by atoms with Gasteiger partial charge in [-0.1, -0.05) is 110 Å². The van der Waals surface area contributed by atoms with Crippen molar-refractivity contribution < 1.29 is 14.3 Å². The van der Waals surface area contributed by atoms with Gasteiger partial charge in [0.25, 0.3) is 0 Å². The van der Waals surface area contributed by atoms with Crippen molar-refractivity contribution >= 4 is 5.97 Å². The van der Waals surface area contributed by atoms with Gasteiger partial charge in [-0.2, -0.15) is 0 Å². The van der Waals surface area contributed by atoms with E-state index in [1.165, 1.54) is 102 Å². The van der Waals surface area contributed by atoms with E-state index in [0.717, 1.165) is 13.0 Å². The first-order valence-corrected chi connectivity index (χ1v) is 11.2. The van der Waals surface area contributed by atoms with Gasteiger partial charge in [0.05, 0.1) is 6.61 Å². The number of hydrogen-bond acceptors (Lipinski definition) is 3. The van der Waals surface area contributed by atoms with Gasteiger partial charge in [0.15, 0.2) is 0 Å². The molecule has 0 heterocycles. The molecule has 0 spiro atoms. The summed E-state index contributed by atoms with van der Waals surface area (Å²) in [6.45, 7) is 7.20. The molecule has 3 nitrogen and oxygen atoms in total. The Labute approximate surface area is 162 Å². The first-order valence-electron chi connectivity index (χ1n) is 11.2. The Kier molecular flexibility index (Phi) is 21.5. The van der Waals surface area contributed by atoms with E-state index in [9.17, 15) is 4.79 Å². The number of carbonyl (C=O) groups excluding carboxylic acids is 1. The Bertz CT molecular complexity index is 302. The van der Waals surface area contributed by atoms with Crippen molar-refractivity contribution in [2.75, 3.05) is 19.8 Å². The fourth-order valence-corrected chi connectivity index (χ4v) is 3.11. The molecule has 0 aromatic rings. The third-order valence-corrected chi connectivity index (χ3v) is 4.78. The Hall–Kier alpha value is -0.830. The highest BCUT2D eigenvalue weighted by Gasteiger charge is 1.96. The molecule has 0 radical (unpaired) electrons. The van der Waals surface area contributed by atoms with Crippen molar-refractivity contribution in [3.8, 4) is 0 Å². The summed E-state index contributed by atoms with van der Waals surface area (Å²) in [6, 6.07) is 0. The van der Waals surface area contributed by atoms with Crippen LogP contribution in [-0.2, 0) is 14.3 Å². The number of esters is 1. The molecule has 0 amide bonds. The topological polar surface area (TPSA) is 35.5 Å². The van der Waals surface area contributed by atoms with E-state index in [1.54, 1.807) is 0 Å². The van der Waals surface area contributed by atoms with Crippen LogP contribution in [-0.4, -0.2) is 25.8 Å². The highest BCUT2D eigenvalue weighted by Crippen LogP contribution is 2.13. The number of rotatable bonds is 21. The van der Waals surface area contributed by atoms with Crippen LogP contribution in [0.1, 0.15) is 110 Å². The molecule has 0 fully saturated rings. The van der Waals surface area contributed by atoms with E-state index < -0.39 is 0 Å². The van der Waals surface area contributed by atoms with E-state index in [2.05, 4.69) is 13.5 Å². The van der Waals surface area contributed by atoms with Gasteiger partial charge in [-0.05, 0) is 6.42 Å². The summed E-state index contributed by atoms with van der Waals surface area (Å²) in [7, 11) is 0. The van der Waals surface area contributed by atoms with Crippen LogP contribution in [0.2, 0.25) is 0 Å². The Balaban J connectivity index is 3.01. The molecule has 0 aliphatic rings. The molecule has 0 aromatic carbocycles. The molecule has 154 valence electrons. The number of ether oxygens (including phenoxy) is 2. The molecule has 0 rings (SSSR count). The van der Waals surface area contributed by atoms with E-state index in [0.29, 0.717) is 13.2 Å². The standard InChI is InChI=1S/C23H44O3/c1-3-5-6-7-8-9-10-11-12-13-14-15-16-17-18-19-20-25-21-22-26-23(24)4-2/h4H,2-3,5-22H2,1H3. The van der Waals surface area contributed by atoms with Crippen LogP contribution in [0.4, 0.5) is 0 Å². The van der Waals surface area contributed by atoms with Crippen LogP contribution in [0.5, 0.6) is 0 Å². The maximum absolute atomic E-state index is 10.8. The maximum Gasteiger partial charge on any atom is 0.330 e. The predicted octanol–water partition coefficient (Wildman–Crippen LogP) is 6.99. The van der Waals surface area contributed by atoms with Gasteiger partial charge in [0.2, 0.25) is 0 Å². The lowest BCUT2D eigenvalue weighted by Crippen LogP contribution is -2.08. The summed E-state index contributed by atoms with van der Waals surface area (Å²) in [6.07, 6.45) is 23.3. The Morgan fingerprint density at radius 3 is 1.50 bits per heavy atom. The van der Waals surface area contributed by atoms with Crippen molar-refractivity contribution in [1.29, 1.82) is 0 Å². The van der Waals surface area contributed by atoms with Crippen molar-refractivity contribution in [3.63, 3.8) is 0 Å². The molecule has 3 heteroatoms. The molecule has 0 saturated carbocycles. The minimum atomic E-state index is -0.379. The van der Waals surface area contributed by atoms with Crippen LogP contribution in [0.15, 0.2) is 12.7 Å². The molecule has 0 aliphatic carbocycles. The van der Waals surface area contributed by atoms with Gasteiger partial charge in [0.1, 0.15) is 6.61 Å². The fraction of sp³-hybridized carbons (Fsp3) is 0.870. The van der Waals surface area contributed by atoms with E-state index >= 15 is 0 Å². The average Bonchev–Trinajstić information content (AvgIpc) is 2.66. The van der Waals surface area contributed by atoms with Crippen molar-refractivity contribution in [1.82, 2.24) is 0 Å². The molecule has 0 aromatic heterocycles. The minimum Gasteiger partial charge on any atom is -0.460 e. The summed E-state index contributed by atoms with van der Waals surface area (Å²) >= 11 is 0. The second kappa shape index (κ2) is 22.2. The summed E-state index contributed by atoms with van der Waals surface area (Å²) in [5, 5.41) is 0. The zero-order valence-corrected chi connectivity index (χ0v) is 17.4. The lowest BCUT2D eigenvalue weighted by Gasteiger charge is -2.05. The molecule has 26 heavy (non-hydrogen) atoms. The maximum atomic E-state index is 10.8. The fourth-order valence-electron chi connectivity index (χ4n) is 3.11. The quantitative estimate of drug-likeness (QED) is 0.124. The third kappa shape index (κ3) is 21.2. The van der Waals surface area contributed by atoms with Gasteiger partial charge in [-0.3, -0.25) is 0 Å². The van der Waals surface area contributed by atoms with Gasteiger partial charge in [-0.15, -0.1) is 0 Å². The first kappa shape index (κ1) is 25.2. The molecule has 0 saturated heterocycles. The minimum absolute atomic E-state index is 0.323. The van der Waals surface area contributed by atoms with Crippen LogP contribution in [0.3, 0.4) is 0 Å². The normalized spacial score (nSPS) is 10.8. The largest absolute Gasteiger partial charge is 0.460 e. The molecular weight excluding hydrogens is 324 g/mol. The van der Waals surface area contributed by atoms with Crippen molar-refractivity contribution in [2.24, 2.45) is 0 Å². The monoisotopic (exact) mass is 368 g/mol. The van der Waals surface area contributed by atoms with Crippen LogP contribution in [0.25, 0.3) is 0 Å². The van der Waals surface area contributed by atoms with E-state index in [4.69, 9.17) is 9.47 Å². The van der Waals surface area contributed by atoms with E-state index in [-0.39, 0.29) is 5.97 Å². The highest BCUT2D eigenvalue weighted by atomic mass is 16.6. The predicted molar refractivity (Wildman–Crippen MR) is 112 cm³/mol. The number of hydrogen-bond donors (Lipinski definition) is 0. The second-order valence-electron chi connectivity index (χ2n) is 7.29. The molecular formula is C23H44O3. The molecule has 0 unspecified atom stereocenters. The summed E-state index contributed by atoms with van der Waals surface area (Å²) in [5.74, 6) is -0.379. The lowest BCUT2D eigenvalue weighted by atomic mass is 10.0. The zero-order valence-electron chi connectivity index (χ0n) is 17.4. The first-order chi connectivity index (χ1) is 12.8. The molecule has 0 aliphatic heterocycles. The van der Waals surface area contributed by atoms with Crippen LogP contribution < -0.4 is 0 Å². The third-order valence-electron chi connectivity index (χ3n) is 4.78.